The molecule has 0 aromatic carbocycles. The van der Waals surface area contributed by atoms with Crippen molar-refractivity contribution < 1.29 is 4.79 Å². The molecule has 0 saturated heterocycles. The Morgan fingerprint density at radius 1 is 1.42 bits per heavy atom. The minimum Gasteiger partial charge on any atom is -0.342 e. The van der Waals surface area contributed by atoms with Crippen LogP contribution in [0.2, 0.25) is 0 Å². The molecule has 4 aromatic heterocycles. The summed E-state index contributed by atoms with van der Waals surface area (Å²) in [6, 6.07) is 5.60. The summed E-state index contributed by atoms with van der Waals surface area (Å²) < 4.78 is 1.70. The molecule has 0 aliphatic carbocycles. The number of carbonyl (C=O) groups is 1. The highest BCUT2D eigenvalue weighted by Gasteiger charge is 2.18. The first-order chi connectivity index (χ1) is 11.6. The number of amides is 1. The third kappa shape index (κ3) is 2.72. The molecule has 122 valence electrons. The Bertz CT molecular complexity index is 982. The monoisotopic (exact) mass is 358 g/mol. The molecule has 0 aliphatic heterocycles. The van der Waals surface area contributed by atoms with Gasteiger partial charge in [-0.3, -0.25) is 9.89 Å². The van der Waals surface area contributed by atoms with Gasteiger partial charge in [0.15, 0.2) is 5.69 Å². The predicted octanol–water partition coefficient (Wildman–Crippen LogP) is 3.04. The minimum atomic E-state index is -0.234. The molecule has 0 bridgehead atoms. The van der Waals surface area contributed by atoms with Crippen LogP contribution in [0.25, 0.3) is 15.5 Å². The summed E-state index contributed by atoms with van der Waals surface area (Å²) in [4.78, 5) is 19.9. The molecule has 1 atom stereocenters. The molecular formula is C15H14N6OS2. The van der Waals surface area contributed by atoms with Gasteiger partial charge in [0.25, 0.3) is 5.91 Å². The maximum atomic E-state index is 12.4. The summed E-state index contributed by atoms with van der Waals surface area (Å²) >= 11 is 3.11. The van der Waals surface area contributed by atoms with E-state index >= 15 is 0 Å². The molecule has 1 amide bonds. The molecule has 0 saturated carbocycles. The Hall–Kier alpha value is -2.52. The Labute approximate surface area is 145 Å². The molecule has 0 fully saturated rings. The lowest BCUT2D eigenvalue weighted by molar-refractivity contribution is 0.0934. The van der Waals surface area contributed by atoms with E-state index in [1.54, 1.807) is 27.4 Å². The van der Waals surface area contributed by atoms with Crippen molar-refractivity contribution in [3.05, 3.63) is 46.2 Å². The zero-order valence-electron chi connectivity index (χ0n) is 13.0. The zero-order chi connectivity index (χ0) is 16.7. The van der Waals surface area contributed by atoms with Crippen LogP contribution in [-0.2, 0) is 0 Å². The standard InChI is InChI=1S/C15H14N6OS2/c1-8-3-4-13(24-8)10-5-11(20-19-10)14(22)17-9(2)12-6-21-15(18-12)23-7-16-21/h3-7,9H,1-2H3,(H,17,22)(H,19,20). The van der Waals surface area contributed by atoms with E-state index in [1.807, 2.05) is 32.2 Å². The quantitative estimate of drug-likeness (QED) is 0.587. The summed E-state index contributed by atoms with van der Waals surface area (Å²) in [5.74, 6) is -0.234. The number of nitrogens with zero attached hydrogens (tertiary/aromatic N) is 4. The van der Waals surface area contributed by atoms with Gasteiger partial charge in [-0.2, -0.15) is 10.2 Å². The van der Waals surface area contributed by atoms with Gasteiger partial charge in [-0.1, -0.05) is 11.3 Å². The van der Waals surface area contributed by atoms with Crippen LogP contribution in [0, 0.1) is 6.92 Å². The Morgan fingerprint density at radius 3 is 3.04 bits per heavy atom. The summed E-state index contributed by atoms with van der Waals surface area (Å²) in [7, 11) is 0. The highest BCUT2D eigenvalue weighted by atomic mass is 32.1. The average molecular weight is 358 g/mol. The fraction of sp³-hybridized carbons (Fsp3) is 0.200. The number of nitrogens with one attached hydrogen (secondary N) is 2. The van der Waals surface area contributed by atoms with Crippen molar-refractivity contribution in [2.45, 2.75) is 19.9 Å². The van der Waals surface area contributed by atoms with Gasteiger partial charge in [-0.25, -0.2) is 9.50 Å². The highest BCUT2D eigenvalue weighted by molar-refractivity contribution is 7.15. The highest BCUT2D eigenvalue weighted by Crippen LogP contribution is 2.26. The van der Waals surface area contributed by atoms with Crippen molar-refractivity contribution in [1.82, 2.24) is 30.1 Å². The normalized spacial score (nSPS) is 12.6. The zero-order valence-corrected chi connectivity index (χ0v) is 14.6. The van der Waals surface area contributed by atoms with Crippen LogP contribution < -0.4 is 5.32 Å². The molecule has 7 nitrogen and oxygen atoms in total. The number of imidazole rings is 1. The van der Waals surface area contributed by atoms with Gasteiger partial charge in [0.1, 0.15) is 5.51 Å². The minimum absolute atomic E-state index is 0.226. The lowest BCUT2D eigenvalue weighted by atomic mass is 10.2. The lowest BCUT2D eigenvalue weighted by Crippen LogP contribution is -2.27. The van der Waals surface area contributed by atoms with E-state index in [0.29, 0.717) is 5.69 Å². The Morgan fingerprint density at radius 2 is 2.29 bits per heavy atom. The molecule has 4 rings (SSSR count). The maximum absolute atomic E-state index is 12.4. The van der Waals surface area contributed by atoms with Crippen molar-refractivity contribution in [3.8, 4) is 10.6 Å². The number of hydrogen-bond donors (Lipinski definition) is 2. The number of aromatic amines is 1. The Balaban J connectivity index is 1.49. The second-order valence-corrected chi connectivity index (χ2v) is 7.50. The van der Waals surface area contributed by atoms with E-state index in [-0.39, 0.29) is 11.9 Å². The van der Waals surface area contributed by atoms with Crippen LogP contribution in [0.4, 0.5) is 0 Å². The summed E-state index contributed by atoms with van der Waals surface area (Å²) in [5, 5.41) is 14.1. The SMILES string of the molecule is Cc1ccc(-c2cc(C(=O)NC(C)c3cn4ncsc4n3)n[nH]2)s1. The lowest BCUT2D eigenvalue weighted by Gasteiger charge is -2.09. The van der Waals surface area contributed by atoms with E-state index < -0.39 is 0 Å². The summed E-state index contributed by atoms with van der Waals surface area (Å²) in [6.07, 6.45) is 1.82. The van der Waals surface area contributed by atoms with Crippen molar-refractivity contribution >= 4 is 33.5 Å². The smallest absolute Gasteiger partial charge is 0.272 e. The van der Waals surface area contributed by atoms with Crippen LogP contribution >= 0.6 is 22.7 Å². The van der Waals surface area contributed by atoms with Gasteiger partial charge in [-0.15, -0.1) is 11.3 Å². The number of aromatic nitrogens is 5. The third-order valence-corrected chi connectivity index (χ3v) is 5.34. The molecular weight excluding hydrogens is 344 g/mol. The number of aryl methyl sites for hydroxylation is 1. The molecule has 24 heavy (non-hydrogen) atoms. The van der Waals surface area contributed by atoms with E-state index in [0.717, 1.165) is 21.2 Å². The van der Waals surface area contributed by atoms with Crippen LogP contribution in [0.15, 0.2) is 29.9 Å². The molecule has 9 heteroatoms. The van der Waals surface area contributed by atoms with E-state index in [4.69, 9.17) is 0 Å². The number of carbonyl (C=O) groups excluding carboxylic acids is 1. The van der Waals surface area contributed by atoms with Gasteiger partial charge >= 0.3 is 0 Å². The van der Waals surface area contributed by atoms with Gasteiger partial charge in [-0.05, 0) is 32.0 Å². The largest absolute Gasteiger partial charge is 0.342 e. The second-order valence-electron chi connectivity index (χ2n) is 5.40. The first kappa shape index (κ1) is 15.0. The molecule has 4 aromatic rings. The van der Waals surface area contributed by atoms with Gasteiger partial charge in [0, 0.05) is 4.88 Å². The molecule has 0 spiro atoms. The third-order valence-electron chi connectivity index (χ3n) is 3.61. The predicted molar refractivity (Wildman–Crippen MR) is 93.4 cm³/mol. The number of hydrogen-bond acceptors (Lipinski definition) is 6. The van der Waals surface area contributed by atoms with E-state index in [1.165, 1.54) is 16.2 Å². The van der Waals surface area contributed by atoms with Crippen molar-refractivity contribution in [2.24, 2.45) is 0 Å². The molecule has 4 heterocycles. The topological polar surface area (TPSA) is 88.0 Å². The molecule has 0 radical (unpaired) electrons. The van der Waals surface area contributed by atoms with E-state index in [2.05, 4.69) is 25.6 Å². The number of H-pyrrole nitrogens is 1. The van der Waals surface area contributed by atoms with Gasteiger partial charge < -0.3 is 5.32 Å². The van der Waals surface area contributed by atoms with Gasteiger partial charge in [0.05, 0.1) is 28.5 Å². The van der Waals surface area contributed by atoms with Crippen LogP contribution in [0.3, 0.4) is 0 Å². The first-order valence-corrected chi connectivity index (χ1v) is 9.01. The number of rotatable bonds is 4. The van der Waals surface area contributed by atoms with Crippen LogP contribution in [-0.4, -0.2) is 30.7 Å². The van der Waals surface area contributed by atoms with E-state index in [9.17, 15) is 4.79 Å². The maximum Gasteiger partial charge on any atom is 0.272 e. The fourth-order valence-electron chi connectivity index (χ4n) is 2.35. The Kier molecular flexibility index (Phi) is 3.66. The first-order valence-electron chi connectivity index (χ1n) is 7.32. The molecule has 2 N–H and O–H groups in total. The second kappa shape index (κ2) is 5.84. The number of fused-ring (bicyclic) bond motifs is 1. The van der Waals surface area contributed by atoms with Gasteiger partial charge in [0.2, 0.25) is 4.96 Å². The van der Waals surface area contributed by atoms with Crippen molar-refractivity contribution in [2.75, 3.05) is 0 Å². The van der Waals surface area contributed by atoms with Crippen molar-refractivity contribution in [3.63, 3.8) is 0 Å². The number of thiophene rings is 1. The van der Waals surface area contributed by atoms with Crippen molar-refractivity contribution in [1.29, 1.82) is 0 Å². The summed E-state index contributed by atoms with van der Waals surface area (Å²) in [5.41, 5.74) is 3.71. The van der Waals surface area contributed by atoms with Crippen LogP contribution in [0.5, 0.6) is 0 Å². The average Bonchev–Trinajstić information content (AvgIpc) is 3.29. The molecule has 1 unspecified atom stereocenters. The molecule has 0 aliphatic rings. The van der Waals surface area contributed by atoms with Crippen LogP contribution in [0.1, 0.15) is 34.0 Å². The fourth-order valence-corrected chi connectivity index (χ4v) is 3.79. The summed E-state index contributed by atoms with van der Waals surface area (Å²) in [6.45, 7) is 3.94.